The number of nitrogens with one attached hydrogen (secondary N) is 2. The zero-order valence-electron chi connectivity index (χ0n) is 18.7. The van der Waals surface area contributed by atoms with Gasteiger partial charge >= 0.3 is 6.03 Å². The molecule has 0 aliphatic heterocycles. The van der Waals surface area contributed by atoms with Crippen molar-refractivity contribution in [1.29, 1.82) is 0 Å². The minimum Gasteiger partial charge on any atom is -0.349 e. The van der Waals surface area contributed by atoms with Gasteiger partial charge in [-0.05, 0) is 74.3 Å². The highest BCUT2D eigenvalue weighted by Gasteiger charge is 2.23. The molecule has 0 radical (unpaired) electrons. The lowest BCUT2D eigenvalue weighted by molar-refractivity contribution is -0.122. The summed E-state index contributed by atoms with van der Waals surface area (Å²) in [7, 11) is 0. The normalized spacial score (nSPS) is 16.2. The summed E-state index contributed by atoms with van der Waals surface area (Å²) in [6.07, 6.45) is 6.26. The zero-order chi connectivity index (χ0) is 22.2. The van der Waals surface area contributed by atoms with Crippen LogP contribution in [0.15, 0.2) is 53.4 Å². The van der Waals surface area contributed by atoms with Crippen molar-refractivity contribution in [3.05, 3.63) is 59.7 Å². The molecule has 0 saturated carbocycles. The maximum Gasteiger partial charge on any atom is 0.322 e. The van der Waals surface area contributed by atoms with Crippen molar-refractivity contribution in [1.82, 2.24) is 10.2 Å². The van der Waals surface area contributed by atoms with Crippen LogP contribution in [0, 0.1) is 0 Å². The number of carbonyl (C=O) groups excluding carboxylic acids is 2. The third-order valence-corrected chi connectivity index (χ3v) is 6.75. The number of fused-ring (bicyclic) bond motifs is 1. The van der Waals surface area contributed by atoms with Crippen molar-refractivity contribution in [3.63, 3.8) is 0 Å². The van der Waals surface area contributed by atoms with E-state index >= 15 is 0 Å². The third-order valence-electron chi connectivity index (χ3n) is 6.01. The monoisotopic (exact) mass is 439 g/mol. The number of hydrogen-bond acceptors (Lipinski definition) is 3. The lowest BCUT2D eigenvalue weighted by Gasteiger charge is -2.30. The first-order valence-electron chi connectivity index (χ1n) is 11.1. The molecule has 3 rings (SSSR count). The Morgan fingerprint density at radius 2 is 1.90 bits per heavy atom. The first-order chi connectivity index (χ1) is 15.0. The quantitative estimate of drug-likeness (QED) is 0.525. The second-order valence-electron chi connectivity index (χ2n) is 8.07. The molecule has 6 heteroatoms. The molecule has 2 atom stereocenters. The van der Waals surface area contributed by atoms with Gasteiger partial charge in [-0.25, -0.2) is 4.79 Å². The van der Waals surface area contributed by atoms with E-state index in [2.05, 4.69) is 35.8 Å². The Morgan fingerprint density at radius 1 is 1.16 bits per heavy atom. The fraction of sp³-hybridized carbons (Fsp3) is 0.440. The zero-order valence-corrected chi connectivity index (χ0v) is 19.5. The summed E-state index contributed by atoms with van der Waals surface area (Å²) in [5.41, 5.74) is 3.32. The Labute approximate surface area is 190 Å². The molecule has 0 heterocycles. The van der Waals surface area contributed by atoms with E-state index in [0.717, 1.165) is 36.3 Å². The van der Waals surface area contributed by atoms with Crippen LogP contribution in [0.2, 0.25) is 0 Å². The van der Waals surface area contributed by atoms with Crippen molar-refractivity contribution in [2.45, 2.75) is 62.9 Å². The number of benzene rings is 2. The summed E-state index contributed by atoms with van der Waals surface area (Å²) in [5.74, 6) is -0.00729. The number of rotatable bonds is 8. The topological polar surface area (TPSA) is 61.4 Å². The number of thioether (sulfide) groups is 1. The summed E-state index contributed by atoms with van der Waals surface area (Å²) >= 11 is 1.66. The number of urea groups is 1. The second-order valence-corrected chi connectivity index (χ2v) is 8.95. The standard InChI is InChI=1S/C25H33N3O2S/c1-4-18(2)28(25(30)26-20-12-14-21(31-3)15-13-20)17-16-24(29)27-23-11-7-9-19-8-5-6-10-22(19)23/h5-6,8,10,12-15,18,23H,4,7,9,11,16-17H2,1-3H3,(H,26,30)(H,27,29). The number of hydrogen-bond donors (Lipinski definition) is 2. The predicted molar refractivity (Wildman–Crippen MR) is 129 cm³/mol. The van der Waals surface area contributed by atoms with Crippen LogP contribution < -0.4 is 10.6 Å². The Balaban J connectivity index is 1.58. The highest BCUT2D eigenvalue weighted by molar-refractivity contribution is 7.98. The molecule has 0 fully saturated rings. The number of nitrogens with zero attached hydrogens (tertiary/aromatic N) is 1. The van der Waals surface area contributed by atoms with E-state index in [4.69, 9.17) is 0 Å². The molecular weight excluding hydrogens is 406 g/mol. The van der Waals surface area contributed by atoms with Gasteiger partial charge in [0.25, 0.3) is 0 Å². The molecule has 5 nitrogen and oxygen atoms in total. The minimum atomic E-state index is -0.165. The van der Waals surface area contributed by atoms with Crippen LogP contribution >= 0.6 is 11.8 Å². The number of aryl methyl sites for hydroxylation is 1. The first-order valence-corrected chi connectivity index (χ1v) is 12.3. The van der Waals surface area contributed by atoms with Gasteiger partial charge in [0, 0.05) is 29.6 Å². The lowest BCUT2D eigenvalue weighted by Crippen LogP contribution is -2.43. The van der Waals surface area contributed by atoms with Gasteiger partial charge in [0.2, 0.25) is 5.91 Å². The average molecular weight is 440 g/mol. The molecule has 0 saturated heterocycles. The Hall–Kier alpha value is -2.47. The Morgan fingerprint density at radius 3 is 2.61 bits per heavy atom. The number of amides is 3. The molecule has 166 valence electrons. The van der Waals surface area contributed by atoms with Crippen LogP contribution in [0.3, 0.4) is 0 Å². The summed E-state index contributed by atoms with van der Waals surface area (Å²) in [4.78, 5) is 28.5. The third kappa shape index (κ3) is 6.26. The first kappa shape index (κ1) is 23.2. The van der Waals surface area contributed by atoms with E-state index in [1.165, 1.54) is 11.1 Å². The van der Waals surface area contributed by atoms with Crippen LogP contribution in [0.25, 0.3) is 0 Å². The van der Waals surface area contributed by atoms with Crippen LogP contribution in [0.4, 0.5) is 10.5 Å². The van der Waals surface area contributed by atoms with E-state index in [0.29, 0.717) is 13.0 Å². The Kier molecular flexibility index (Phi) is 8.41. The average Bonchev–Trinajstić information content (AvgIpc) is 2.79. The van der Waals surface area contributed by atoms with Gasteiger partial charge in [0.15, 0.2) is 0 Å². The predicted octanol–water partition coefficient (Wildman–Crippen LogP) is 5.62. The molecule has 0 spiro atoms. The summed E-state index contributed by atoms with van der Waals surface area (Å²) in [5, 5.41) is 6.16. The van der Waals surface area contributed by atoms with Gasteiger partial charge in [-0.3, -0.25) is 4.79 Å². The molecule has 0 bridgehead atoms. The van der Waals surface area contributed by atoms with Crippen LogP contribution in [0.5, 0.6) is 0 Å². The maximum absolute atomic E-state index is 12.9. The molecule has 2 unspecified atom stereocenters. The van der Waals surface area contributed by atoms with E-state index in [-0.39, 0.29) is 24.0 Å². The van der Waals surface area contributed by atoms with Crippen molar-refractivity contribution >= 4 is 29.4 Å². The van der Waals surface area contributed by atoms with Crippen molar-refractivity contribution in [2.75, 3.05) is 18.1 Å². The molecule has 3 amide bonds. The van der Waals surface area contributed by atoms with Crippen LogP contribution in [-0.4, -0.2) is 35.7 Å². The van der Waals surface area contributed by atoms with Crippen molar-refractivity contribution in [3.8, 4) is 0 Å². The van der Waals surface area contributed by atoms with Crippen LogP contribution in [0.1, 0.15) is 56.7 Å². The van der Waals surface area contributed by atoms with E-state index in [9.17, 15) is 9.59 Å². The molecule has 2 aromatic carbocycles. The van der Waals surface area contributed by atoms with Gasteiger partial charge in [-0.1, -0.05) is 31.2 Å². The maximum atomic E-state index is 12.9. The van der Waals surface area contributed by atoms with E-state index < -0.39 is 0 Å². The van der Waals surface area contributed by atoms with Gasteiger partial charge in [-0.15, -0.1) is 11.8 Å². The van der Waals surface area contributed by atoms with E-state index in [1.54, 1.807) is 16.7 Å². The summed E-state index contributed by atoms with van der Waals surface area (Å²) in [6, 6.07) is 16.1. The van der Waals surface area contributed by atoms with Gasteiger partial charge in [0.1, 0.15) is 0 Å². The molecule has 0 aromatic heterocycles. The number of anilines is 1. The molecule has 2 aromatic rings. The van der Waals surface area contributed by atoms with Crippen LogP contribution in [-0.2, 0) is 11.2 Å². The SMILES string of the molecule is CCC(C)N(CCC(=O)NC1CCCc2ccccc21)C(=O)Nc1ccc(SC)cc1. The number of carbonyl (C=O) groups is 2. The summed E-state index contributed by atoms with van der Waals surface area (Å²) < 4.78 is 0. The fourth-order valence-electron chi connectivity index (χ4n) is 4.00. The largest absolute Gasteiger partial charge is 0.349 e. The minimum absolute atomic E-state index is 0.00729. The highest BCUT2D eigenvalue weighted by Crippen LogP contribution is 2.29. The molecule has 1 aliphatic carbocycles. The fourth-order valence-corrected chi connectivity index (χ4v) is 4.41. The smallest absolute Gasteiger partial charge is 0.322 e. The lowest BCUT2D eigenvalue weighted by atomic mass is 9.87. The Bertz CT molecular complexity index is 885. The summed E-state index contributed by atoms with van der Waals surface area (Å²) in [6.45, 7) is 4.47. The molecule has 2 N–H and O–H groups in total. The molecule has 1 aliphatic rings. The van der Waals surface area contributed by atoms with Gasteiger partial charge in [-0.2, -0.15) is 0 Å². The second kappa shape index (κ2) is 11.2. The van der Waals surface area contributed by atoms with E-state index in [1.807, 2.05) is 43.5 Å². The van der Waals surface area contributed by atoms with Crippen molar-refractivity contribution < 1.29 is 9.59 Å². The van der Waals surface area contributed by atoms with Gasteiger partial charge < -0.3 is 15.5 Å². The molecular formula is C25H33N3O2S. The highest BCUT2D eigenvalue weighted by atomic mass is 32.2. The molecule has 31 heavy (non-hydrogen) atoms. The van der Waals surface area contributed by atoms with Gasteiger partial charge in [0.05, 0.1) is 6.04 Å². The van der Waals surface area contributed by atoms with Crippen molar-refractivity contribution in [2.24, 2.45) is 0 Å².